The van der Waals surface area contributed by atoms with Crippen molar-refractivity contribution in [2.75, 3.05) is 0 Å². The number of aromatic hydroxyl groups is 1. The first-order chi connectivity index (χ1) is 13.6. The molecule has 0 saturated carbocycles. The number of benzene rings is 2. The Morgan fingerprint density at radius 3 is 2.68 bits per heavy atom. The number of carbonyl (C=O) groups is 1. The van der Waals surface area contributed by atoms with Gasteiger partial charge in [0.15, 0.2) is 0 Å². The van der Waals surface area contributed by atoms with Crippen LogP contribution in [0.1, 0.15) is 21.9 Å². The first kappa shape index (κ1) is 17.5. The first-order valence-electron chi connectivity index (χ1n) is 8.70. The Balaban J connectivity index is 1.71. The van der Waals surface area contributed by atoms with E-state index in [2.05, 4.69) is 15.5 Å². The number of rotatable bonds is 4. The van der Waals surface area contributed by atoms with Crippen LogP contribution in [0.2, 0.25) is 0 Å². The van der Waals surface area contributed by atoms with Gasteiger partial charge in [-0.3, -0.25) is 4.79 Å². The monoisotopic (exact) mass is 371 g/mol. The Kier molecular flexibility index (Phi) is 4.60. The van der Waals surface area contributed by atoms with Gasteiger partial charge in [-0.05, 0) is 43.3 Å². The number of pyridine rings is 1. The Morgan fingerprint density at radius 2 is 1.89 bits per heavy atom. The number of nitrogens with one attached hydrogen (secondary N) is 1. The first-order valence-corrected chi connectivity index (χ1v) is 8.70. The summed E-state index contributed by atoms with van der Waals surface area (Å²) in [5, 5.41) is 14.8. The summed E-state index contributed by atoms with van der Waals surface area (Å²) in [6, 6.07) is 19.5. The van der Waals surface area contributed by atoms with Gasteiger partial charge in [0.1, 0.15) is 17.3 Å². The third kappa shape index (κ3) is 3.48. The molecule has 0 aliphatic heterocycles. The second kappa shape index (κ2) is 7.36. The van der Waals surface area contributed by atoms with Crippen molar-refractivity contribution < 1.29 is 14.3 Å². The van der Waals surface area contributed by atoms with Crippen molar-refractivity contribution in [3.8, 4) is 17.0 Å². The lowest BCUT2D eigenvalue weighted by Gasteiger charge is -2.10. The Morgan fingerprint density at radius 1 is 1.11 bits per heavy atom. The third-order valence-electron chi connectivity index (χ3n) is 4.26. The molecule has 6 heteroatoms. The van der Waals surface area contributed by atoms with Crippen molar-refractivity contribution in [2.45, 2.75) is 6.92 Å². The largest absolute Gasteiger partial charge is 0.507 e. The van der Waals surface area contributed by atoms with Gasteiger partial charge in [-0.2, -0.15) is 5.10 Å². The molecule has 6 nitrogen and oxygen atoms in total. The average molecular weight is 371 g/mol. The molecule has 0 bridgehead atoms. The van der Waals surface area contributed by atoms with Crippen LogP contribution in [0.15, 0.2) is 76.2 Å². The van der Waals surface area contributed by atoms with Crippen LogP contribution in [-0.4, -0.2) is 22.2 Å². The third-order valence-corrected chi connectivity index (χ3v) is 4.26. The van der Waals surface area contributed by atoms with Gasteiger partial charge in [-0.15, -0.1) is 0 Å². The molecule has 0 fully saturated rings. The second-order valence-electron chi connectivity index (χ2n) is 6.24. The summed E-state index contributed by atoms with van der Waals surface area (Å²) in [6.07, 6.45) is 1.44. The molecule has 0 aliphatic carbocycles. The lowest BCUT2D eigenvalue weighted by atomic mass is 10.0. The minimum absolute atomic E-state index is 0.0999. The van der Waals surface area contributed by atoms with E-state index >= 15 is 0 Å². The number of hydrogen-bond donors (Lipinski definition) is 2. The van der Waals surface area contributed by atoms with Crippen LogP contribution >= 0.6 is 0 Å². The Bertz CT molecular complexity index is 1190. The molecule has 2 aromatic heterocycles. The molecule has 1 amide bonds. The van der Waals surface area contributed by atoms with E-state index < -0.39 is 0 Å². The number of phenols is 1. The van der Waals surface area contributed by atoms with Crippen molar-refractivity contribution in [3.05, 3.63) is 83.8 Å². The van der Waals surface area contributed by atoms with Crippen LogP contribution in [0, 0.1) is 6.92 Å². The summed E-state index contributed by atoms with van der Waals surface area (Å²) in [7, 11) is 0. The molecule has 0 radical (unpaired) electrons. The standard InChI is InChI=1S/C22H17N3O3/c1-14-10-11-15(28-14)13-23-25-22(27)18-12-20(17-7-3-5-9-21(17)26)24-19-8-4-2-6-16(18)19/h2-13,26H,1H3,(H,25,27)/b23-13+. The maximum atomic E-state index is 12.8. The van der Waals surface area contributed by atoms with Crippen molar-refractivity contribution in [1.82, 2.24) is 10.4 Å². The van der Waals surface area contributed by atoms with E-state index in [-0.39, 0.29) is 11.7 Å². The Hall–Kier alpha value is -3.93. The molecule has 28 heavy (non-hydrogen) atoms. The normalized spacial score (nSPS) is 11.2. The molecule has 0 spiro atoms. The van der Waals surface area contributed by atoms with Crippen LogP contribution in [-0.2, 0) is 0 Å². The van der Waals surface area contributed by atoms with Crippen molar-refractivity contribution >= 4 is 23.0 Å². The van der Waals surface area contributed by atoms with E-state index in [0.29, 0.717) is 33.5 Å². The van der Waals surface area contributed by atoms with Gasteiger partial charge < -0.3 is 9.52 Å². The zero-order valence-electron chi connectivity index (χ0n) is 15.1. The number of fused-ring (bicyclic) bond motifs is 1. The van der Waals surface area contributed by atoms with Gasteiger partial charge in [0.05, 0.1) is 23.0 Å². The maximum absolute atomic E-state index is 12.8. The number of aryl methyl sites for hydroxylation is 1. The number of furan rings is 1. The average Bonchev–Trinajstić information content (AvgIpc) is 3.12. The van der Waals surface area contributed by atoms with Gasteiger partial charge in [-0.1, -0.05) is 30.3 Å². The molecular weight excluding hydrogens is 354 g/mol. The molecule has 0 aliphatic rings. The molecule has 138 valence electrons. The van der Waals surface area contributed by atoms with Crippen LogP contribution in [0.5, 0.6) is 5.75 Å². The summed E-state index contributed by atoms with van der Waals surface area (Å²) in [5.41, 5.74) is 4.65. The fourth-order valence-corrected chi connectivity index (χ4v) is 2.93. The van der Waals surface area contributed by atoms with Gasteiger partial charge in [0.2, 0.25) is 0 Å². The zero-order chi connectivity index (χ0) is 19.5. The molecule has 2 N–H and O–H groups in total. The Labute approximate surface area is 161 Å². The molecule has 0 unspecified atom stereocenters. The maximum Gasteiger partial charge on any atom is 0.272 e. The molecule has 0 atom stereocenters. The lowest BCUT2D eigenvalue weighted by molar-refractivity contribution is 0.0956. The van der Waals surface area contributed by atoms with Crippen LogP contribution < -0.4 is 5.43 Å². The lowest BCUT2D eigenvalue weighted by Crippen LogP contribution is -2.18. The minimum Gasteiger partial charge on any atom is -0.507 e. The predicted octanol–water partition coefficient (Wildman–Crippen LogP) is 4.27. The van der Waals surface area contributed by atoms with Gasteiger partial charge in [0, 0.05) is 10.9 Å². The predicted molar refractivity (Wildman–Crippen MR) is 107 cm³/mol. The van der Waals surface area contributed by atoms with Crippen molar-refractivity contribution in [3.63, 3.8) is 0 Å². The van der Waals surface area contributed by atoms with Crippen molar-refractivity contribution in [2.24, 2.45) is 5.10 Å². The van der Waals surface area contributed by atoms with E-state index in [1.54, 1.807) is 36.4 Å². The number of carbonyl (C=O) groups excluding carboxylic acids is 1. The van der Waals surface area contributed by atoms with Crippen LogP contribution in [0.25, 0.3) is 22.2 Å². The van der Waals surface area contributed by atoms with Crippen LogP contribution in [0.3, 0.4) is 0 Å². The number of nitrogens with zero attached hydrogens (tertiary/aromatic N) is 2. The van der Waals surface area contributed by atoms with Crippen molar-refractivity contribution in [1.29, 1.82) is 0 Å². The van der Waals surface area contributed by atoms with E-state index in [9.17, 15) is 9.90 Å². The van der Waals surface area contributed by atoms with E-state index in [0.717, 1.165) is 5.76 Å². The number of hydrazone groups is 1. The highest BCUT2D eigenvalue weighted by Gasteiger charge is 2.15. The molecule has 4 aromatic rings. The molecule has 0 saturated heterocycles. The zero-order valence-corrected chi connectivity index (χ0v) is 15.1. The highest BCUT2D eigenvalue weighted by molar-refractivity contribution is 6.07. The fraction of sp³-hybridized carbons (Fsp3) is 0.0455. The minimum atomic E-state index is -0.380. The number of amides is 1. The number of para-hydroxylation sites is 2. The molecule has 2 heterocycles. The summed E-state index contributed by atoms with van der Waals surface area (Å²) in [5.74, 6) is 1.03. The highest BCUT2D eigenvalue weighted by atomic mass is 16.3. The van der Waals surface area contributed by atoms with Gasteiger partial charge in [0.25, 0.3) is 5.91 Å². The smallest absolute Gasteiger partial charge is 0.272 e. The SMILES string of the molecule is Cc1ccc(/C=N/NC(=O)c2cc(-c3ccccc3O)nc3ccccc23)o1. The van der Waals surface area contributed by atoms with E-state index in [1.807, 2.05) is 37.3 Å². The number of aromatic nitrogens is 1. The fourth-order valence-electron chi connectivity index (χ4n) is 2.93. The summed E-state index contributed by atoms with van der Waals surface area (Å²) >= 11 is 0. The topological polar surface area (TPSA) is 87.7 Å². The van der Waals surface area contributed by atoms with Crippen LogP contribution in [0.4, 0.5) is 0 Å². The number of phenolic OH excluding ortho intramolecular Hbond substituents is 1. The summed E-state index contributed by atoms with van der Waals surface area (Å²) in [6.45, 7) is 1.83. The summed E-state index contributed by atoms with van der Waals surface area (Å²) < 4.78 is 5.39. The highest BCUT2D eigenvalue weighted by Crippen LogP contribution is 2.30. The van der Waals surface area contributed by atoms with Gasteiger partial charge in [-0.25, -0.2) is 10.4 Å². The molecule has 4 rings (SSSR count). The molecular formula is C22H17N3O3. The second-order valence-corrected chi connectivity index (χ2v) is 6.24. The quantitative estimate of drug-likeness (QED) is 0.414. The summed E-state index contributed by atoms with van der Waals surface area (Å²) in [4.78, 5) is 17.4. The number of hydrogen-bond acceptors (Lipinski definition) is 5. The van der Waals surface area contributed by atoms with E-state index in [1.165, 1.54) is 6.21 Å². The van der Waals surface area contributed by atoms with Gasteiger partial charge >= 0.3 is 0 Å². The van der Waals surface area contributed by atoms with E-state index in [4.69, 9.17) is 4.42 Å². The molecule has 2 aromatic carbocycles.